The van der Waals surface area contributed by atoms with Crippen LogP contribution in [-0.2, 0) is 18.4 Å². The fourth-order valence-corrected chi connectivity index (χ4v) is 8.27. The maximum absolute atomic E-state index is 12.7. The third-order valence-corrected chi connectivity index (χ3v) is 10.0. The molecule has 5 aliphatic rings. The summed E-state index contributed by atoms with van der Waals surface area (Å²) in [6.45, 7) is 7.53. The zero-order valence-electron chi connectivity index (χ0n) is 21.0. The summed E-state index contributed by atoms with van der Waals surface area (Å²) in [7, 11) is 0. The average Bonchev–Trinajstić information content (AvgIpc) is 3.59. The van der Waals surface area contributed by atoms with Gasteiger partial charge in [-0.05, 0) is 82.0 Å². The van der Waals surface area contributed by atoms with Gasteiger partial charge in [0.05, 0.1) is 11.0 Å². The van der Waals surface area contributed by atoms with Crippen molar-refractivity contribution in [1.82, 2.24) is 9.80 Å². The van der Waals surface area contributed by atoms with Crippen LogP contribution in [0.5, 0.6) is 11.5 Å². The van der Waals surface area contributed by atoms with Gasteiger partial charge in [-0.3, -0.25) is 9.80 Å². The second kappa shape index (κ2) is 7.71. The van der Waals surface area contributed by atoms with Crippen LogP contribution in [0, 0.1) is 5.92 Å². The summed E-state index contributed by atoms with van der Waals surface area (Å²) < 4.78 is 6.81. The molecule has 5 atom stereocenters. The van der Waals surface area contributed by atoms with E-state index in [1.54, 1.807) is 0 Å². The van der Waals surface area contributed by atoms with Crippen molar-refractivity contribution in [3.63, 3.8) is 0 Å². The average molecular weight is 475 g/mol. The number of aliphatic hydroxyl groups is 1. The third kappa shape index (κ3) is 3.04. The molecular weight excluding hydrogens is 436 g/mol. The van der Waals surface area contributed by atoms with Gasteiger partial charge in [0.1, 0.15) is 6.10 Å². The van der Waals surface area contributed by atoms with E-state index in [0.717, 1.165) is 56.8 Å². The van der Waals surface area contributed by atoms with Crippen molar-refractivity contribution >= 4 is 0 Å². The largest absolute Gasteiger partial charge is 0.504 e. The molecule has 5 heteroatoms. The quantitative estimate of drug-likeness (QED) is 0.656. The number of hydrogen-bond donors (Lipinski definition) is 2. The maximum atomic E-state index is 12.7. The van der Waals surface area contributed by atoms with Crippen LogP contribution in [-0.4, -0.2) is 62.9 Å². The highest BCUT2D eigenvalue weighted by atomic mass is 16.5. The molecule has 35 heavy (non-hydrogen) atoms. The molecule has 1 spiro atoms. The predicted octanol–water partition coefficient (Wildman–Crippen LogP) is 4.24. The van der Waals surface area contributed by atoms with Gasteiger partial charge < -0.3 is 14.9 Å². The van der Waals surface area contributed by atoms with E-state index in [2.05, 4.69) is 60.0 Å². The number of aromatic hydroxyl groups is 1. The van der Waals surface area contributed by atoms with Crippen molar-refractivity contribution in [2.24, 2.45) is 5.92 Å². The topological polar surface area (TPSA) is 56.2 Å². The first kappa shape index (κ1) is 22.1. The van der Waals surface area contributed by atoms with Crippen molar-refractivity contribution < 1.29 is 14.9 Å². The van der Waals surface area contributed by atoms with Crippen LogP contribution in [0.3, 0.4) is 0 Å². The van der Waals surface area contributed by atoms with Crippen molar-refractivity contribution in [3.05, 3.63) is 59.2 Å². The lowest BCUT2D eigenvalue weighted by Gasteiger charge is -2.65. The lowest BCUT2D eigenvalue weighted by Crippen LogP contribution is -2.78. The van der Waals surface area contributed by atoms with Crippen molar-refractivity contribution in [3.8, 4) is 11.5 Å². The Bertz CT molecular complexity index is 1130. The molecule has 2 N–H and O–H groups in total. The highest BCUT2D eigenvalue weighted by Crippen LogP contribution is 2.66. The molecule has 0 unspecified atom stereocenters. The summed E-state index contributed by atoms with van der Waals surface area (Å²) in [6.07, 6.45) is 5.96. The molecule has 2 aromatic rings. The lowest BCUT2D eigenvalue weighted by molar-refractivity contribution is -0.203. The summed E-state index contributed by atoms with van der Waals surface area (Å²) >= 11 is 0. The molecule has 0 amide bonds. The molecule has 2 bridgehead atoms. The van der Waals surface area contributed by atoms with Gasteiger partial charge in [0, 0.05) is 36.8 Å². The van der Waals surface area contributed by atoms with E-state index in [4.69, 9.17) is 4.74 Å². The smallest absolute Gasteiger partial charge is 0.165 e. The molecule has 2 aliphatic heterocycles. The first-order valence-electron chi connectivity index (χ1n) is 13.7. The minimum absolute atomic E-state index is 0.133. The Labute approximate surface area is 208 Å². The van der Waals surface area contributed by atoms with Gasteiger partial charge in [-0.1, -0.05) is 36.4 Å². The van der Waals surface area contributed by atoms with E-state index in [9.17, 15) is 10.2 Å². The Hall–Kier alpha value is -2.08. The molecule has 0 radical (unpaired) electrons. The van der Waals surface area contributed by atoms with E-state index in [1.165, 1.54) is 24.0 Å². The van der Waals surface area contributed by atoms with Gasteiger partial charge >= 0.3 is 0 Å². The van der Waals surface area contributed by atoms with Crippen LogP contribution < -0.4 is 4.74 Å². The van der Waals surface area contributed by atoms with Gasteiger partial charge in [-0.25, -0.2) is 0 Å². The molecule has 1 saturated heterocycles. The number of rotatable bonds is 6. The highest BCUT2D eigenvalue weighted by Gasteiger charge is 2.73. The van der Waals surface area contributed by atoms with Crippen molar-refractivity contribution in [1.29, 1.82) is 0 Å². The second-order valence-corrected chi connectivity index (χ2v) is 12.1. The number of piperidine rings is 1. The predicted molar refractivity (Wildman–Crippen MR) is 136 cm³/mol. The zero-order valence-corrected chi connectivity index (χ0v) is 21.0. The Morgan fingerprint density at radius 1 is 1.09 bits per heavy atom. The number of phenols is 1. The minimum Gasteiger partial charge on any atom is -0.504 e. The lowest BCUT2D eigenvalue weighted by atomic mass is 9.48. The van der Waals surface area contributed by atoms with Crippen LogP contribution in [0.15, 0.2) is 42.5 Å². The Morgan fingerprint density at radius 2 is 1.89 bits per heavy atom. The Kier molecular flexibility index (Phi) is 4.88. The van der Waals surface area contributed by atoms with E-state index < -0.39 is 11.0 Å². The summed E-state index contributed by atoms with van der Waals surface area (Å²) in [6, 6.07) is 15.3. The summed E-state index contributed by atoms with van der Waals surface area (Å²) in [5.74, 6) is 1.68. The molecule has 5 nitrogen and oxygen atoms in total. The monoisotopic (exact) mass is 474 g/mol. The van der Waals surface area contributed by atoms with Gasteiger partial charge in [0.25, 0.3) is 0 Å². The molecule has 186 valence electrons. The summed E-state index contributed by atoms with van der Waals surface area (Å²) in [5, 5.41) is 23.6. The van der Waals surface area contributed by atoms with Crippen LogP contribution in [0.4, 0.5) is 0 Å². The van der Waals surface area contributed by atoms with E-state index in [0.29, 0.717) is 11.8 Å². The number of hydrogen-bond acceptors (Lipinski definition) is 5. The first-order chi connectivity index (χ1) is 16.9. The third-order valence-electron chi connectivity index (χ3n) is 10.0. The SMILES string of the molecule is CC(C)N(Cc1ccccc1)[C@@H]1CC[C@@]2(O)[C@@H]3Cc4ccc(O)c5c4[C@@]2(CCN3CC2CC2)[C@H]1O5. The van der Waals surface area contributed by atoms with Gasteiger partial charge in [0.2, 0.25) is 0 Å². The molecule has 7 rings (SSSR count). The van der Waals surface area contributed by atoms with E-state index >= 15 is 0 Å². The van der Waals surface area contributed by atoms with Crippen LogP contribution >= 0.6 is 0 Å². The molecule has 0 aromatic heterocycles. The van der Waals surface area contributed by atoms with Gasteiger partial charge in [0.15, 0.2) is 11.5 Å². The fourth-order valence-electron chi connectivity index (χ4n) is 8.27. The standard InChI is InChI=1S/C30H38N2O3/c1-19(2)32(18-20-6-4-3-5-7-20)23-12-13-30(34)25-16-22-10-11-24(33)27-26(22)29(30,28(23)35-27)14-15-31(25)17-21-8-9-21/h3-7,10-11,19,21,23,25,28,33-34H,8-9,12-18H2,1-2H3/t23-,25+,28+,29+,30-/m1/s1. The first-order valence-corrected chi connectivity index (χ1v) is 13.7. The molecule has 2 aromatic carbocycles. The minimum atomic E-state index is -0.817. The zero-order chi connectivity index (χ0) is 23.9. The number of ether oxygens (including phenoxy) is 1. The second-order valence-electron chi connectivity index (χ2n) is 12.1. The molecule has 3 fully saturated rings. The van der Waals surface area contributed by atoms with Crippen LogP contribution in [0.25, 0.3) is 0 Å². The molecular formula is C30H38N2O3. The highest BCUT2D eigenvalue weighted by molar-refractivity contribution is 5.62. The van der Waals surface area contributed by atoms with Crippen LogP contribution in [0.1, 0.15) is 62.6 Å². The number of nitrogens with zero attached hydrogens (tertiary/aromatic N) is 2. The molecule has 2 saturated carbocycles. The summed E-state index contributed by atoms with van der Waals surface area (Å²) in [4.78, 5) is 5.19. The number of likely N-dealkylation sites (tertiary alicyclic amines) is 1. The Morgan fingerprint density at radius 3 is 2.63 bits per heavy atom. The van der Waals surface area contributed by atoms with Crippen molar-refractivity contribution in [2.75, 3.05) is 13.1 Å². The number of phenolic OH excluding ortho intramolecular Hbond substituents is 1. The van der Waals surface area contributed by atoms with E-state index in [1.807, 2.05) is 6.07 Å². The van der Waals surface area contributed by atoms with Gasteiger partial charge in [-0.2, -0.15) is 0 Å². The van der Waals surface area contributed by atoms with E-state index in [-0.39, 0.29) is 23.9 Å². The fraction of sp³-hybridized carbons (Fsp3) is 0.600. The molecule has 2 heterocycles. The van der Waals surface area contributed by atoms with Gasteiger partial charge in [-0.15, -0.1) is 0 Å². The van der Waals surface area contributed by atoms with Crippen LogP contribution in [0.2, 0.25) is 0 Å². The normalized spacial score (nSPS) is 35.3. The molecule has 3 aliphatic carbocycles. The Balaban J connectivity index is 1.33. The summed E-state index contributed by atoms with van der Waals surface area (Å²) in [5.41, 5.74) is 2.43. The maximum Gasteiger partial charge on any atom is 0.165 e. The number of benzene rings is 2. The van der Waals surface area contributed by atoms with Crippen molar-refractivity contribution in [2.45, 2.75) is 94.2 Å².